The molecular weight excluding hydrogens is 392 g/mol. The summed E-state index contributed by atoms with van der Waals surface area (Å²) in [6, 6.07) is 13.9. The number of anilines is 1. The molecule has 0 atom stereocenters. The SMILES string of the molecule is COc1ccc(CN=C(NCc2cccc(N(C)C)n2)NCc2nnc(C)n2C)cc1. The van der Waals surface area contributed by atoms with Gasteiger partial charge in [-0.1, -0.05) is 18.2 Å². The summed E-state index contributed by atoms with van der Waals surface area (Å²) >= 11 is 0. The number of pyridine rings is 1. The van der Waals surface area contributed by atoms with Crippen LogP contribution in [0.15, 0.2) is 47.5 Å². The van der Waals surface area contributed by atoms with Crippen LogP contribution in [-0.2, 0) is 26.7 Å². The monoisotopic (exact) mass is 422 g/mol. The normalized spacial score (nSPS) is 11.3. The number of hydrogen-bond donors (Lipinski definition) is 2. The van der Waals surface area contributed by atoms with Crippen LogP contribution in [0.4, 0.5) is 5.82 Å². The number of methoxy groups -OCH3 is 1. The highest BCUT2D eigenvalue weighted by atomic mass is 16.5. The summed E-state index contributed by atoms with van der Waals surface area (Å²) in [5.41, 5.74) is 2.02. The highest BCUT2D eigenvalue weighted by Crippen LogP contribution is 2.12. The van der Waals surface area contributed by atoms with Crippen molar-refractivity contribution in [3.63, 3.8) is 0 Å². The second-order valence-electron chi connectivity index (χ2n) is 7.32. The number of nitrogens with zero attached hydrogens (tertiary/aromatic N) is 6. The minimum atomic E-state index is 0.511. The molecule has 164 valence electrons. The lowest BCUT2D eigenvalue weighted by Crippen LogP contribution is -2.37. The first kappa shape index (κ1) is 22.1. The molecular formula is C22H30N8O. The summed E-state index contributed by atoms with van der Waals surface area (Å²) in [4.78, 5) is 11.4. The van der Waals surface area contributed by atoms with E-state index in [0.29, 0.717) is 25.6 Å². The molecule has 9 heteroatoms. The fraction of sp³-hybridized carbons (Fsp3) is 0.364. The number of guanidine groups is 1. The zero-order valence-electron chi connectivity index (χ0n) is 18.8. The summed E-state index contributed by atoms with van der Waals surface area (Å²) in [5, 5.41) is 15.0. The predicted octanol–water partition coefficient (Wildman–Crippen LogP) is 2.03. The van der Waals surface area contributed by atoms with Crippen molar-refractivity contribution in [3.05, 3.63) is 65.4 Å². The molecule has 2 heterocycles. The zero-order chi connectivity index (χ0) is 22.2. The molecule has 9 nitrogen and oxygen atoms in total. The molecule has 0 spiro atoms. The largest absolute Gasteiger partial charge is 0.497 e. The minimum absolute atomic E-state index is 0.511. The Kier molecular flexibility index (Phi) is 7.42. The smallest absolute Gasteiger partial charge is 0.192 e. The maximum Gasteiger partial charge on any atom is 0.192 e. The van der Waals surface area contributed by atoms with E-state index in [1.165, 1.54) is 0 Å². The van der Waals surface area contributed by atoms with Crippen molar-refractivity contribution in [2.45, 2.75) is 26.6 Å². The van der Waals surface area contributed by atoms with Gasteiger partial charge in [0, 0.05) is 21.1 Å². The molecule has 1 aromatic carbocycles. The molecule has 3 rings (SSSR count). The second-order valence-corrected chi connectivity index (χ2v) is 7.32. The van der Waals surface area contributed by atoms with E-state index < -0.39 is 0 Å². The molecule has 0 saturated heterocycles. The van der Waals surface area contributed by atoms with E-state index >= 15 is 0 Å². The van der Waals surface area contributed by atoms with Gasteiger partial charge in [0.05, 0.1) is 32.4 Å². The maximum absolute atomic E-state index is 5.22. The molecule has 0 unspecified atom stereocenters. The number of aromatic nitrogens is 4. The quantitative estimate of drug-likeness (QED) is 0.424. The average molecular weight is 423 g/mol. The average Bonchev–Trinajstić information content (AvgIpc) is 3.11. The van der Waals surface area contributed by atoms with Gasteiger partial charge in [-0.3, -0.25) is 0 Å². The molecule has 2 aromatic heterocycles. The topological polar surface area (TPSA) is 92.5 Å². The van der Waals surface area contributed by atoms with E-state index in [2.05, 4.69) is 25.8 Å². The van der Waals surface area contributed by atoms with Gasteiger partial charge in [0.2, 0.25) is 0 Å². The third-order valence-corrected chi connectivity index (χ3v) is 4.86. The third kappa shape index (κ3) is 6.18. The number of hydrogen-bond acceptors (Lipinski definition) is 6. The molecule has 0 aliphatic heterocycles. The van der Waals surface area contributed by atoms with Crippen molar-refractivity contribution in [1.29, 1.82) is 0 Å². The first-order valence-corrected chi connectivity index (χ1v) is 10.1. The summed E-state index contributed by atoms with van der Waals surface area (Å²) in [5.74, 6) is 4.12. The van der Waals surface area contributed by atoms with Crippen LogP contribution in [0.2, 0.25) is 0 Å². The molecule has 0 saturated carbocycles. The van der Waals surface area contributed by atoms with Crippen LogP contribution in [0, 0.1) is 6.92 Å². The molecule has 0 amide bonds. The second kappa shape index (κ2) is 10.4. The van der Waals surface area contributed by atoms with Crippen LogP contribution in [0.5, 0.6) is 5.75 Å². The Morgan fingerprint density at radius 2 is 1.81 bits per heavy atom. The van der Waals surface area contributed by atoms with E-state index in [9.17, 15) is 0 Å². The van der Waals surface area contributed by atoms with Gasteiger partial charge in [0.1, 0.15) is 17.4 Å². The van der Waals surface area contributed by atoms with Gasteiger partial charge in [-0.25, -0.2) is 9.98 Å². The fourth-order valence-electron chi connectivity index (χ4n) is 2.83. The van der Waals surface area contributed by atoms with Crippen molar-refractivity contribution in [2.75, 3.05) is 26.1 Å². The summed E-state index contributed by atoms with van der Waals surface area (Å²) < 4.78 is 7.18. The van der Waals surface area contributed by atoms with Gasteiger partial charge < -0.3 is 24.8 Å². The van der Waals surface area contributed by atoms with Crippen LogP contribution in [0.3, 0.4) is 0 Å². The lowest BCUT2D eigenvalue weighted by molar-refractivity contribution is 0.414. The molecule has 0 fully saturated rings. The molecule has 3 aromatic rings. The van der Waals surface area contributed by atoms with Crippen LogP contribution >= 0.6 is 0 Å². The molecule has 31 heavy (non-hydrogen) atoms. The molecule has 0 bridgehead atoms. The Bertz CT molecular complexity index is 1010. The summed E-state index contributed by atoms with van der Waals surface area (Å²) in [6.45, 7) is 3.52. The number of benzene rings is 1. The van der Waals surface area contributed by atoms with E-state index in [4.69, 9.17) is 9.73 Å². The number of rotatable bonds is 8. The van der Waals surface area contributed by atoms with E-state index in [1.54, 1.807) is 7.11 Å². The molecule has 0 aliphatic carbocycles. The van der Waals surface area contributed by atoms with Crippen LogP contribution in [0.1, 0.15) is 22.9 Å². The van der Waals surface area contributed by atoms with Crippen molar-refractivity contribution in [2.24, 2.45) is 12.0 Å². The number of ether oxygens (including phenoxy) is 1. The highest BCUT2D eigenvalue weighted by molar-refractivity contribution is 5.79. The summed E-state index contributed by atoms with van der Waals surface area (Å²) in [7, 11) is 7.56. The Morgan fingerprint density at radius 1 is 1.06 bits per heavy atom. The Morgan fingerprint density at radius 3 is 2.45 bits per heavy atom. The van der Waals surface area contributed by atoms with Gasteiger partial charge in [-0.05, 0) is 36.8 Å². The predicted molar refractivity (Wildman–Crippen MR) is 122 cm³/mol. The van der Waals surface area contributed by atoms with Gasteiger partial charge in [-0.15, -0.1) is 10.2 Å². The number of aryl methyl sites for hydroxylation is 1. The van der Waals surface area contributed by atoms with E-state index in [0.717, 1.165) is 34.5 Å². The van der Waals surface area contributed by atoms with E-state index in [-0.39, 0.29) is 0 Å². The standard InChI is InChI=1S/C22H30N8O/c1-16-27-28-21(30(16)4)15-25-22(23-13-17-9-11-19(31-5)12-10-17)24-14-18-7-6-8-20(26-18)29(2)3/h6-12H,13-15H2,1-5H3,(H2,23,24,25). The van der Waals surface area contributed by atoms with Crippen molar-refractivity contribution in [1.82, 2.24) is 30.4 Å². The third-order valence-electron chi connectivity index (χ3n) is 4.86. The number of aliphatic imine (C=N–C) groups is 1. The van der Waals surface area contributed by atoms with Crippen molar-refractivity contribution < 1.29 is 4.74 Å². The molecule has 0 radical (unpaired) electrons. The molecule has 0 aliphatic rings. The lowest BCUT2D eigenvalue weighted by atomic mass is 10.2. The Hall–Kier alpha value is -3.62. The lowest BCUT2D eigenvalue weighted by Gasteiger charge is -2.15. The fourth-order valence-corrected chi connectivity index (χ4v) is 2.83. The van der Waals surface area contributed by atoms with Crippen molar-refractivity contribution >= 4 is 11.8 Å². The van der Waals surface area contributed by atoms with Crippen LogP contribution in [0.25, 0.3) is 0 Å². The first-order chi connectivity index (χ1) is 15.0. The first-order valence-electron chi connectivity index (χ1n) is 10.1. The number of nitrogens with one attached hydrogen (secondary N) is 2. The van der Waals surface area contributed by atoms with Gasteiger partial charge in [0.15, 0.2) is 11.8 Å². The summed E-state index contributed by atoms with van der Waals surface area (Å²) in [6.07, 6.45) is 0. The van der Waals surface area contributed by atoms with Crippen molar-refractivity contribution in [3.8, 4) is 5.75 Å². The Labute approximate surface area is 183 Å². The van der Waals surface area contributed by atoms with Gasteiger partial charge in [0.25, 0.3) is 0 Å². The van der Waals surface area contributed by atoms with Crippen LogP contribution < -0.4 is 20.3 Å². The van der Waals surface area contributed by atoms with Gasteiger partial charge >= 0.3 is 0 Å². The minimum Gasteiger partial charge on any atom is -0.497 e. The van der Waals surface area contributed by atoms with Gasteiger partial charge in [-0.2, -0.15) is 0 Å². The van der Waals surface area contributed by atoms with E-state index in [1.807, 2.05) is 80.0 Å². The highest BCUT2D eigenvalue weighted by Gasteiger charge is 2.07. The zero-order valence-corrected chi connectivity index (χ0v) is 18.8. The maximum atomic E-state index is 5.22. The van der Waals surface area contributed by atoms with Crippen LogP contribution in [-0.4, -0.2) is 46.9 Å². The Balaban J connectivity index is 1.70. The molecule has 2 N–H and O–H groups in total.